The molecule has 0 spiro atoms. The lowest BCUT2D eigenvalue weighted by Gasteiger charge is -2.39. The van der Waals surface area contributed by atoms with Crippen LogP contribution in [-0.4, -0.2) is 169 Å². The Morgan fingerprint density at radius 2 is 1.28 bits per heavy atom. The summed E-state index contributed by atoms with van der Waals surface area (Å²) in [7, 11) is 3.15. The molecule has 4 N–H and O–H groups in total. The Labute approximate surface area is 374 Å². The Morgan fingerprint density at radius 3 is 1.83 bits per heavy atom. The van der Waals surface area contributed by atoms with Gasteiger partial charge in [0.25, 0.3) is 5.91 Å². The number of rotatable bonds is 33. The van der Waals surface area contributed by atoms with E-state index >= 15 is 0 Å². The third-order valence-electron chi connectivity index (χ3n) is 10.1. The second kappa shape index (κ2) is 28.2. The number of nitrogens with one attached hydrogen (secondary N) is 2. The first-order valence-electron chi connectivity index (χ1n) is 21.5. The minimum atomic E-state index is -0.433. The van der Waals surface area contributed by atoms with Crippen molar-refractivity contribution in [2.24, 2.45) is 11.0 Å². The number of benzene rings is 2. The lowest BCUT2D eigenvalue weighted by Crippen LogP contribution is -2.43. The highest BCUT2D eigenvalue weighted by Crippen LogP contribution is 2.50. The third-order valence-corrected chi connectivity index (χ3v) is 10.1. The molecule has 20 nitrogen and oxygen atoms in total. The van der Waals surface area contributed by atoms with Gasteiger partial charge in [0.1, 0.15) is 41.8 Å². The van der Waals surface area contributed by atoms with Gasteiger partial charge in [-0.3, -0.25) is 15.0 Å². The van der Waals surface area contributed by atoms with E-state index in [0.29, 0.717) is 147 Å². The number of amides is 2. The van der Waals surface area contributed by atoms with Crippen LogP contribution in [-0.2, 0) is 58.7 Å². The van der Waals surface area contributed by atoms with Crippen molar-refractivity contribution in [2.45, 2.75) is 37.9 Å². The first-order valence-corrected chi connectivity index (χ1v) is 21.5. The maximum Gasteiger partial charge on any atom is 0.260 e. The molecule has 2 aromatic rings. The second-order valence-corrected chi connectivity index (χ2v) is 14.6. The van der Waals surface area contributed by atoms with E-state index in [1.807, 2.05) is 30.5 Å². The van der Waals surface area contributed by atoms with Gasteiger partial charge in [0, 0.05) is 35.7 Å². The molecule has 0 bridgehead atoms. The molecule has 3 heterocycles. The number of carbonyl (C=O) groups excluding carboxylic acids is 2. The highest BCUT2D eigenvalue weighted by atomic mass is 16.6. The molecule has 0 aliphatic carbocycles. The summed E-state index contributed by atoms with van der Waals surface area (Å²) in [6.45, 7) is 12.9. The number of hydrogen-bond acceptors (Lipinski definition) is 18. The molecule has 0 saturated carbocycles. The maximum absolute atomic E-state index is 12.7. The number of hydrogen-bond donors (Lipinski definition) is 3. The van der Waals surface area contributed by atoms with E-state index in [2.05, 4.69) is 17.1 Å². The zero-order chi connectivity index (χ0) is 45.4. The van der Waals surface area contributed by atoms with Gasteiger partial charge in [0.05, 0.1) is 132 Å². The van der Waals surface area contributed by atoms with E-state index in [-0.39, 0.29) is 43.5 Å². The van der Waals surface area contributed by atoms with Crippen molar-refractivity contribution < 1.29 is 76.0 Å². The number of nitrogens with zero attached hydrogens (tertiary/aromatic N) is 1. The topological polar surface area (TPSA) is 226 Å². The van der Waals surface area contributed by atoms with Gasteiger partial charge >= 0.3 is 0 Å². The van der Waals surface area contributed by atoms with E-state index in [9.17, 15) is 9.59 Å². The van der Waals surface area contributed by atoms with Gasteiger partial charge in [-0.2, -0.15) is 0 Å². The Morgan fingerprint density at radius 1 is 0.734 bits per heavy atom. The second-order valence-electron chi connectivity index (χ2n) is 14.6. The molecule has 3 aliphatic rings. The average Bonchev–Trinajstić information content (AvgIpc) is 3.76. The van der Waals surface area contributed by atoms with Crippen LogP contribution in [0.1, 0.15) is 36.0 Å². The van der Waals surface area contributed by atoms with Crippen molar-refractivity contribution in [1.82, 2.24) is 10.7 Å². The van der Waals surface area contributed by atoms with Crippen LogP contribution in [0, 0.1) is 0 Å². The van der Waals surface area contributed by atoms with Gasteiger partial charge in [-0.1, -0.05) is 11.7 Å². The van der Waals surface area contributed by atoms with Crippen LogP contribution in [0.3, 0.4) is 0 Å². The van der Waals surface area contributed by atoms with Crippen LogP contribution in [0.4, 0.5) is 0 Å². The molecule has 0 aromatic heterocycles. The predicted molar refractivity (Wildman–Crippen MR) is 231 cm³/mol. The zero-order valence-corrected chi connectivity index (χ0v) is 37.2. The minimum absolute atomic E-state index is 0.155. The molecule has 20 heteroatoms. The van der Waals surface area contributed by atoms with Crippen LogP contribution in [0.5, 0.6) is 28.7 Å². The number of ether oxygens (including phenoxy) is 13. The van der Waals surface area contributed by atoms with Gasteiger partial charge in [-0.05, 0) is 30.7 Å². The quantitative estimate of drug-likeness (QED) is 0.0306. The van der Waals surface area contributed by atoms with Crippen molar-refractivity contribution in [3.8, 4) is 28.7 Å². The van der Waals surface area contributed by atoms with E-state index in [4.69, 9.17) is 72.3 Å². The molecule has 64 heavy (non-hydrogen) atoms. The SMILES string of the molecule is C=C(C)[C@H]1Cc2c(ccc3c2O[C@@H]2COc4cc(OC)c(OC)cc4[C@@H]2/C3=N/OCC(=O)NCCOCCOCCOCCOCCOCCOCCOCCOCCC(=O)NN)O1. The Bertz CT molecular complexity index is 1800. The fraction of sp³-hybridized carbons (Fsp3) is 0.614. The standard InChI is InChI=1S/C44H64N4O16/c1-30(2)35-26-33-34(63-35)6-5-31-43(42-32-25-37(51-3)38(52-4)27-36(32)61-28-39(42)64-44(31)33)48-62-29-41(50)46-8-10-54-12-14-56-16-18-58-20-22-60-24-23-59-21-19-57-17-15-55-13-11-53-9-7-40(49)47-45/h5-6,25,27,35,39,42H,1,7-24,26,28-29,45H2,2-4H3,(H,46,50)(H,47,49)/b48-43+/t35-,39-,42+/m1/s1. The molecule has 2 aromatic carbocycles. The van der Waals surface area contributed by atoms with Crippen molar-refractivity contribution in [3.05, 3.63) is 53.1 Å². The van der Waals surface area contributed by atoms with Gasteiger partial charge in [-0.25, -0.2) is 5.84 Å². The third kappa shape index (κ3) is 15.7. The Kier molecular flexibility index (Phi) is 22.1. The molecular weight excluding hydrogens is 840 g/mol. The van der Waals surface area contributed by atoms with Crippen molar-refractivity contribution in [2.75, 3.05) is 140 Å². The molecule has 3 aliphatic heterocycles. The summed E-state index contributed by atoms with van der Waals surface area (Å²) in [6.07, 6.45) is 0.240. The Hall–Kier alpha value is -4.77. The molecule has 356 valence electrons. The van der Waals surface area contributed by atoms with Crippen molar-refractivity contribution in [3.63, 3.8) is 0 Å². The molecule has 0 radical (unpaired) electrons. The number of hydrazine groups is 1. The maximum atomic E-state index is 12.7. The van der Waals surface area contributed by atoms with E-state index in [1.165, 1.54) is 0 Å². The predicted octanol–water partition coefficient (Wildman–Crippen LogP) is 1.87. The van der Waals surface area contributed by atoms with Crippen LogP contribution in [0.25, 0.3) is 0 Å². The minimum Gasteiger partial charge on any atom is -0.493 e. The van der Waals surface area contributed by atoms with Crippen LogP contribution < -0.4 is 40.3 Å². The lowest BCUT2D eigenvalue weighted by molar-refractivity contribution is -0.126. The van der Waals surface area contributed by atoms with Crippen LogP contribution in [0.15, 0.2) is 41.6 Å². The highest BCUT2D eigenvalue weighted by molar-refractivity contribution is 6.09. The van der Waals surface area contributed by atoms with Gasteiger partial charge in [0.15, 0.2) is 18.1 Å². The summed E-state index contributed by atoms with van der Waals surface area (Å²) in [5.74, 6) is 7.09. The largest absolute Gasteiger partial charge is 0.493 e. The van der Waals surface area contributed by atoms with E-state index in [1.54, 1.807) is 20.3 Å². The smallest absolute Gasteiger partial charge is 0.260 e. The molecule has 0 unspecified atom stereocenters. The number of oxime groups is 1. The van der Waals surface area contributed by atoms with Gasteiger partial charge in [-0.15, -0.1) is 0 Å². The van der Waals surface area contributed by atoms with Crippen molar-refractivity contribution >= 4 is 17.5 Å². The first kappa shape index (κ1) is 50.2. The highest BCUT2D eigenvalue weighted by Gasteiger charge is 2.45. The van der Waals surface area contributed by atoms with E-state index < -0.39 is 6.10 Å². The summed E-state index contributed by atoms with van der Waals surface area (Å²) in [5.41, 5.74) is 6.04. The summed E-state index contributed by atoms with van der Waals surface area (Å²) >= 11 is 0. The molecule has 0 fully saturated rings. The first-order chi connectivity index (χ1) is 31.3. The summed E-state index contributed by atoms with van der Waals surface area (Å²) in [5, 5.41) is 7.38. The molecule has 3 atom stereocenters. The lowest BCUT2D eigenvalue weighted by atomic mass is 9.80. The summed E-state index contributed by atoms with van der Waals surface area (Å²) in [6, 6.07) is 7.48. The number of nitrogens with two attached hydrogens (primary N) is 1. The fourth-order valence-electron chi connectivity index (χ4n) is 6.82. The molecule has 5 rings (SSSR count). The average molecular weight is 905 g/mol. The zero-order valence-electron chi connectivity index (χ0n) is 37.2. The number of fused-ring (bicyclic) bond motifs is 6. The normalized spacial score (nSPS) is 17.5. The van der Waals surface area contributed by atoms with Gasteiger partial charge < -0.3 is 71.7 Å². The Balaban J connectivity index is 0.887. The molecule has 2 amide bonds. The summed E-state index contributed by atoms with van der Waals surface area (Å²) in [4.78, 5) is 29.4. The molecule has 0 saturated heterocycles. The summed E-state index contributed by atoms with van der Waals surface area (Å²) < 4.78 is 73.8. The molecular formula is C44H64N4O16. The number of carbonyl (C=O) groups is 2. The van der Waals surface area contributed by atoms with E-state index in [0.717, 1.165) is 28.0 Å². The van der Waals surface area contributed by atoms with Gasteiger partial charge in [0.2, 0.25) is 5.91 Å². The number of methoxy groups -OCH3 is 2. The van der Waals surface area contributed by atoms with Crippen LogP contribution >= 0.6 is 0 Å². The fourth-order valence-corrected chi connectivity index (χ4v) is 6.82. The monoisotopic (exact) mass is 904 g/mol. The van der Waals surface area contributed by atoms with Crippen LogP contribution in [0.2, 0.25) is 0 Å². The van der Waals surface area contributed by atoms with Crippen molar-refractivity contribution in [1.29, 1.82) is 0 Å².